The van der Waals surface area contributed by atoms with Crippen molar-refractivity contribution in [1.29, 1.82) is 0 Å². The Bertz CT molecular complexity index is 4180. The van der Waals surface area contributed by atoms with Crippen molar-refractivity contribution < 1.29 is 0 Å². The molecule has 0 unspecified atom stereocenters. The van der Waals surface area contributed by atoms with Gasteiger partial charge in [0.2, 0.25) is 0 Å². The van der Waals surface area contributed by atoms with E-state index in [4.69, 9.17) is 15.0 Å². The molecule has 0 bridgehead atoms. The first kappa shape index (κ1) is 36.5. The average molecular weight is 840 g/mol. The Morgan fingerprint density at radius 3 is 1.41 bits per heavy atom. The number of aromatic nitrogens is 5. The highest BCUT2D eigenvalue weighted by molar-refractivity contribution is 6.22. The number of para-hydroxylation sites is 1. The fourth-order valence-electron chi connectivity index (χ4n) is 10.5. The van der Waals surface area contributed by atoms with Gasteiger partial charge >= 0.3 is 0 Å². The first-order chi connectivity index (χ1) is 32.7. The summed E-state index contributed by atoms with van der Waals surface area (Å²) in [5.41, 5.74) is 9.73. The summed E-state index contributed by atoms with van der Waals surface area (Å²) < 4.78 is 4.84. The number of rotatable bonds is 5. The molecule has 5 nitrogen and oxygen atoms in total. The smallest absolute Gasteiger partial charge is 0.164 e. The molecule has 0 aliphatic carbocycles. The predicted octanol–water partition coefficient (Wildman–Crippen LogP) is 15.7. The minimum atomic E-state index is 0.624. The van der Waals surface area contributed by atoms with Crippen LogP contribution in [0.3, 0.4) is 0 Å². The quantitative estimate of drug-likeness (QED) is 0.173. The molecule has 0 saturated heterocycles. The standard InChI is InChI=1S/C61H37N5/c1-2-17-43-36-57-52(35-42(43)16-1)53-37-45(66-54-26-10-9-23-51(54)58-48-22-8-5-15-40(48)29-33-56(58)66)32-34-55(53)65(57)44-30-27-41(28-31-44)59-62-60(49-24-11-18-38-13-3-6-20-46(38)49)64-61(63-59)50-25-12-19-39-14-4-7-21-47(39)50/h1-37H. The Hall–Kier alpha value is -8.93. The molecule has 0 saturated carbocycles. The Morgan fingerprint density at radius 1 is 0.258 bits per heavy atom. The van der Waals surface area contributed by atoms with Crippen LogP contribution in [-0.4, -0.2) is 24.1 Å². The van der Waals surface area contributed by atoms with Crippen LogP contribution in [0.1, 0.15) is 0 Å². The SMILES string of the molecule is c1ccc2cc3c(cc2c1)c1cc(-n2c4ccccc4c4c5ccccc5ccc42)ccc1n3-c1ccc(-c2nc(-c3cccc4ccccc34)nc(-c3cccc4ccccc34)n2)cc1. The zero-order valence-corrected chi connectivity index (χ0v) is 35.6. The molecule has 0 aliphatic heterocycles. The van der Waals surface area contributed by atoms with Crippen LogP contribution in [0.5, 0.6) is 0 Å². The number of fused-ring (bicyclic) bond motifs is 11. The molecule has 0 fully saturated rings. The van der Waals surface area contributed by atoms with Crippen molar-refractivity contribution in [1.82, 2.24) is 24.1 Å². The molecule has 14 rings (SSSR count). The summed E-state index contributed by atoms with van der Waals surface area (Å²) in [6, 6.07) is 80.5. The summed E-state index contributed by atoms with van der Waals surface area (Å²) in [6.07, 6.45) is 0. The lowest BCUT2D eigenvalue weighted by molar-refractivity contribution is 1.08. The van der Waals surface area contributed by atoms with Gasteiger partial charge in [-0.2, -0.15) is 0 Å². The molecule has 0 amide bonds. The third-order valence-electron chi connectivity index (χ3n) is 13.5. The van der Waals surface area contributed by atoms with E-state index in [0.717, 1.165) is 60.6 Å². The topological polar surface area (TPSA) is 48.5 Å². The largest absolute Gasteiger partial charge is 0.309 e. The van der Waals surface area contributed by atoms with Crippen LogP contribution in [0, 0.1) is 0 Å². The normalized spacial score (nSPS) is 11.9. The van der Waals surface area contributed by atoms with Crippen LogP contribution in [0.25, 0.3) is 132 Å². The molecule has 0 radical (unpaired) electrons. The van der Waals surface area contributed by atoms with E-state index in [1.165, 1.54) is 54.1 Å². The molecule has 0 spiro atoms. The summed E-state index contributed by atoms with van der Waals surface area (Å²) in [5.74, 6) is 1.91. The summed E-state index contributed by atoms with van der Waals surface area (Å²) in [5, 5.41) is 14.4. The molecular formula is C61H37N5. The highest BCUT2D eigenvalue weighted by atomic mass is 15.0. The molecule has 14 aromatic rings. The fraction of sp³-hybridized carbons (Fsp3) is 0. The summed E-state index contributed by atoms with van der Waals surface area (Å²) in [4.78, 5) is 15.6. The second kappa shape index (κ2) is 14.3. The molecule has 3 heterocycles. The van der Waals surface area contributed by atoms with Gasteiger partial charge in [-0.25, -0.2) is 15.0 Å². The highest BCUT2D eigenvalue weighted by Gasteiger charge is 2.20. The van der Waals surface area contributed by atoms with Crippen LogP contribution in [0.4, 0.5) is 0 Å². The van der Waals surface area contributed by atoms with Gasteiger partial charge in [0.05, 0.1) is 22.1 Å². The van der Waals surface area contributed by atoms with E-state index in [2.05, 4.69) is 234 Å². The number of hydrogen-bond donors (Lipinski definition) is 0. The van der Waals surface area contributed by atoms with E-state index in [1.807, 2.05) is 0 Å². The van der Waals surface area contributed by atoms with Gasteiger partial charge in [0.1, 0.15) is 0 Å². The van der Waals surface area contributed by atoms with Gasteiger partial charge in [0.15, 0.2) is 17.5 Å². The van der Waals surface area contributed by atoms with E-state index in [1.54, 1.807) is 0 Å². The van der Waals surface area contributed by atoms with Gasteiger partial charge in [-0.15, -0.1) is 0 Å². The number of hydrogen-bond acceptors (Lipinski definition) is 3. The second-order valence-electron chi connectivity index (χ2n) is 17.2. The van der Waals surface area contributed by atoms with Gasteiger partial charge in [0, 0.05) is 49.6 Å². The molecular weight excluding hydrogens is 803 g/mol. The van der Waals surface area contributed by atoms with Crippen LogP contribution < -0.4 is 0 Å². The first-order valence-electron chi connectivity index (χ1n) is 22.4. The third kappa shape index (κ3) is 5.57. The van der Waals surface area contributed by atoms with Crippen molar-refractivity contribution in [2.24, 2.45) is 0 Å². The van der Waals surface area contributed by atoms with E-state index >= 15 is 0 Å². The van der Waals surface area contributed by atoms with Crippen molar-refractivity contribution in [2.45, 2.75) is 0 Å². The van der Waals surface area contributed by atoms with Crippen molar-refractivity contribution in [3.63, 3.8) is 0 Å². The van der Waals surface area contributed by atoms with Crippen LogP contribution in [-0.2, 0) is 0 Å². The zero-order chi connectivity index (χ0) is 43.3. The fourth-order valence-corrected chi connectivity index (χ4v) is 10.5. The lowest BCUT2D eigenvalue weighted by Gasteiger charge is -2.13. The van der Waals surface area contributed by atoms with E-state index in [9.17, 15) is 0 Å². The highest BCUT2D eigenvalue weighted by Crippen LogP contribution is 2.41. The Kier molecular flexibility index (Phi) is 7.91. The maximum Gasteiger partial charge on any atom is 0.164 e. The van der Waals surface area contributed by atoms with Crippen molar-refractivity contribution in [3.05, 3.63) is 224 Å². The van der Waals surface area contributed by atoms with Crippen LogP contribution in [0.2, 0.25) is 0 Å². The van der Waals surface area contributed by atoms with Gasteiger partial charge in [0.25, 0.3) is 0 Å². The van der Waals surface area contributed by atoms with Crippen LogP contribution >= 0.6 is 0 Å². The average Bonchev–Trinajstić information content (AvgIpc) is 3.89. The van der Waals surface area contributed by atoms with Crippen molar-refractivity contribution in [3.8, 4) is 45.5 Å². The Balaban J connectivity index is 0.956. The summed E-state index contributed by atoms with van der Waals surface area (Å²) in [6.45, 7) is 0. The molecule has 0 N–H and O–H groups in total. The molecule has 306 valence electrons. The number of nitrogens with zero attached hydrogens (tertiary/aromatic N) is 5. The maximum atomic E-state index is 5.22. The molecule has 11 aromatic carbocycles. The maximum absolute atomic E-state index is 5.22. The molecule has 66 heavy (non-hydrogen) atoms. The molecule has 0 aliphatic rings. The predicted molar refractivity (Wildman–Crippen MR) is 275 cm³/mol. The lowest BCUT2D eigenvalue weighted by atomic mass is 10.0. The van der Waals surface area contributed by atoms with Crippen molar-refractivity contribution in [2.75, 3.05) is 0 Å². The van der Waals surface area contributed by atoms with Gasteiger partial charge in [-0.05, 0) is 110 Å². The van der Waals surface area contributed by atoms with E-state index in [-0.39, 0.29) is 0 Å². The minimum Gasteiger partial charge on any atom is -0.309 e. The first-order valence-corrected chi connectivity index (χ1v) is 22.4. The van der Waals surface area contributed by atoms with E-state index < -0.39 is 0 Å². The monoisotopic (exact) mass is 839 g/mol. The van der Waals surface area contributed by atoms with Crippen LogP contribution in [0.15, 0.2) is 224 Å². The summed E-state index contributed by atoms with van der Waals surface area (Å²) in [7, 11) is 0. The van der Waals surface area contributed by atoms with Gasteiger partial charge in [-0.1, -0.05) is 158 Å². The zero-order valence-electron chi connectivity index (χ0n) is 35.6. The third-order valence-corrected chi connectivity index (χ3v) is 13.5. The second-order valence-corrected chi connectivity index (χ2v) is 17.2. The Morgan fingerprint density at radius 2 is 0.727 bits per heavy atom. The molecule has 0 atom stereocenters. The minimum absolute atomic E-state index is 0.624. The van der Waals surface area contributed by atoms with Gasteiger partial charge < -0.3 is 9.13 Å². The van der Waals surface area contributed by atoms with Gasteiger partial charge in [-0.3, -0.25) is 0 Å². The Labute approximate surface area is 379 Å². The summed E-state index contributed by atoms with van der Waals surface area (Å²) >= 11 is 0. The lowest BCUT2D eigenvalue weighted by Crippen LogP contribution is -2.01. The number of benzene rings is 11. The molecule has 3 aromatic heterocycles. The van der Waals surface area contributed by atoms with Crippen molar-refractivity contribution >= 4 is 86.7 Å². The van der Waals surface area contributed by atoms with E-state index in [0.29, 0.717) is 17.5 Å². The molecule has 5 heteroatoms.